The number of hydrogen-bond acceptors (Lipinski definition) is 1. The molecule has 0 spiro atoms. The van der Waals surface area contributed by atoms with Crippen LogP contribution in [0.4, 0.5) is 0 Å². The van der Waals surface area contributed by atoms with Gasteiger partial charge in [0.15, 0.2) is 0 Å². The Labute approximate surface area is 102 Å². The monoisotopic (exact) mass is 226 g/mol. The summed E-state index contributed by atoms with van der Waals surface area (Å²) >= 11 is 0. The summed E-state index contributed by atoms with van der Waals surface area (Å²) in [5.41, 5.74) is 0.142. The molecule has 0 saturated heterocycles. The van der Waals surface area contributed by atoms with Gasteiger partial charge in [0.05, 0.1) is 5.60 Å². The maximum atomic E-state index is 10.5. The van der Waals surface area contributed by atoms with Crippen LogP contribution in [0.1, 0.15) is 79.1 Å². The summed E-state index contributed by atoms with van der Waals surface area (Å²) in [6, 6.07) is 0. The Kier molecular flexibility index (Phi) is 4.85. The largest absolute Gasteiger partial charge is 0.390 e. The molecule has 0 amide bonds. The van der Waals surface area contributed by atoms with Crippen LogP contribution in [0.5, 0.6) is 0 Å². The molecule has 0 heterocycles. The minimum absolute atomic E-state index is 0.398. The molecule has 16 heavy (non-hydrogen) atoms. The summed E-state index contributed by atoms with van der Waals surface area (Å²) in [6.45, 7) is 8.91. The lowest BCUT2D eigenvalue weighted by molar-refractivity contribution is -0.0129. The van der Waals surface area contributed by atoms with Gasteiger partial charge in [0.25, 0.3) is 0 Å². The maximum absolute atomic E-state index is 10.5. The van der Waals surface area contributed by atoms with Crippen molar-refractivity contribution < 1.29 is 5.11 Å². The molecule has 0 aromatic carbocycles. The topological polar surface area (TPSA) is 20.2 Å². The van der Waals surface area contributed by atoms with E-state index in [1.165, 1.54) is 32.1 Å². The fraction of sp³-hybridized carbons (Fsp3) is 1.00. The van der Waals surface area contributed by atoms with Crippen molar-refractivity contribution in [1.82, 2.24) is 0 Å². The molecular weight excluding hydrogens is 196 g/mol. The molecule has 0 aromatic rings. The second-order valence-corrected chi connectivity index (χ2v) is 5.79. The highest BCUT2D eigenvalue weighted by molar-refractivity contribution is 4.94. The molecule has 1 fully saturated rings. The Hall–Kier alpha value is -0.0400. The van der Waals surface area contributed by atoms with Gasteiger partial charge in [0.2, 0.25) is 0 Å². The fourth-order valence-corrected chi connectivity index (χ4v) is 3.71. The lowest BCUT2D eigenvalue weighted by Gasteiger charge is -2.38. The van der Waals surface area contributed by atoms with Crippen LogP contribution < -0.4 is 0 Å². The van der Waals surface area contributed by atoms with E-state index < -0.39 is 5.60 Å². The zero-order valence-corrected chi connectivity index (χ0v) is 11.7. The van der Waals surface area contributed by atoms with Crippen molar-refractivity contribution >= 4 is 0 Å². The van der Waals surface area contributed by atoms with E-state index >= 15 is 0 Å². The van der Waals surface area contributed by atoms with Crippen LogP contribution in [0.3, 0.4) is 0 Å². The maximum Gasteiger partial charge on any atom is 0.0645 e. The first-order chi connectivity index (χ1) is 7.55. The van der Waals surface area contributed by atoms with E-state index in [-0.39, 0.29) is 0 Å². The van der Waals surface area contributed by atoms with E-state index in [0.717, 1.165) is 25.2 Å². The van der Waals surface area contributed by atoms with Gasteiger partial charge < -0.3 is 5.11 Å². The molecular formula is C15H30O. The van der Waals surface area contributed by atoms with Gasteiger partial charge in [-0.25, -0.2) is 0 Å². The molecule has 1 aliphatic carbocycles. The highest BCUT2D eigenvalue weighted by Crippen LogP contribution is 2.51. The molecule has 1 saturated carbocycles. The van der Waals surface area contributed by atoms with Crippen LogP contribution in [-0.4, -0.2) is 10.7 Å². The Bertz CT molecular complexity index is 201. The molecule has 0 bridgehead atoms. The van der Waals surface area contributed by atoms with Crippen molar-refractivity contribution in [1.29, 1.82) is 0 Å². The van der Waals surface area contributed by atoms with Crippen LogP contribution in [0, 0.1) is 11.3 Å². The molecule has 1 rings (SSSR count). The van der Waals surface area contributed by atoms with Crippen LogP contribution in [-0.2, 0) is 0 Å². The Morgan fingerprint density at radius 3 is 2.12 bits per heavy atom. The molecule has 1 aliphatic rings. The summed E-state index contributed by atoms with van der Waals surface area (Å²) in [5, 5.41) is 10.5. The summed E-state index contributed by atoms with van der Waals surface area (Å²) in [6.07, 6.45) is 9.51. The summed E-state index contributed by atoms with van der Waals surface area (Å²) in [7, 11) is 0. The zero-order valence-electron chi connectivity index (χ0n) is 11.7. The second kappa shape index (κ2) is 5.53. The van der Waals surface area contributed by atoms with Gasteiger partial charge in [-0.2, -0.15) is 0 Å². The molecule has 1 N–H and O–H groups in total. The average molecular weight is 226 g/mol. The normalized spacial score (nSPS) is 24.9. The number of hydrogen-bond donors (Lipinski definition) is 1. The van der Waals surface area contributed by atoms with Crippen LogP contribution in [0.2, 0.25) is 0 Å². The van der Waals surface area contributed by atoms with Gasteiger partial charge in [-0.05, 0) is 43.4 Å². The smallest absolute Gasteiger partial charge is 0.0645 e. The predicted octanol–water partition coefficient (Wildman–Crippen LogP) is 4.53. The van der Waals surface area contributed by atoms with Gasteiger partial charge in [-0.1, -0.05) is 47.0 Å². The van der Waals surface area contributed by atoms with E-state index in [4.69, 9.17) is 0 Å². The van der Waals surface area contributed by atoms with E-state index in [1.807, 2.05) is 0 Å². The van der Waals surface area contributed by atoms with Gasteiger partial charge >= 0.3 is 0 Å². The van der Waals surface area contributed by atoms with Crippen LogP contribution in [0.15, 0.2) is 0 Å². The van der Waals surface area contributed by atoms with Gasteiger partial charge in [0, 0.05) is 0 Å². The molecule has 0 radical (unpaired) electrons. The third-order valence-electron chi connectivity index (χ3n) is 5.44. The minimum Gasteiger partial charge on any atom is -0.390 e. The van der Waals surface area contributed by atoms with E-state index in [2.05, 4.69) is 27.7 Å². The third-order valence-corrected chi connectivity index (χ3v) is 5.44. The summed E-state index contributed by atoms with van der Waals surface area (Å²) in [4.78, 5) is 0. The van der Waals surface area contributed by atoms with Gasteiger partial charge in [-0.15, -0.1) is 0 Å². The first-order valence-electron chi connectivity index (χ1n) is 7.28. The Morgan fingerprint density at radius 1 is 1.12 bits per heavy atom. The molecule has 96 valence electrons. The third kappa shape index (κ3) is 2.61. The lowest BCUT2D eigenvalue weighted by Crippen LogP contribution is -2.35. The van der Waals surface area contributed by atoms with E-state index in [0.29, 0.717) is 5.41 Å². The Balaban J connectivity index is 2.72. The van der Waals surface area contributed by atoms with Crippen molar-refractivity contribution in [3.05, 3.63) is 0 Å². The predicted molar refractivity (Wildman–Crippen MR) is 70.5 cm³/mol. The second-order valence-electron chi connectivity index (χ2n) is 5.79. The highest BCUT2D eigenvalue weighted by atomic mass is 16.3. The van der Waals surface area contributed by atoms with Crippen molar-refractivity contribution in [2.75, 3.05) is 0 Å². The highest BCUT2D eigenvalue weighted by Gasteiger charge is 2.42. The lowest BCUT2D eigenvalue weighted by atomic mass is 9.69. The van der Waals surface area contributed by atoms with E-state index in [1.54, 1.807) is 0 Å². The molecule has 1 nitrogen and oxygen atoms in total. The fourth-order valence-electron chi connectivity index (χ4n) is 3.71. The first kappa shape index (κ1) is 14.0. The van der Waals surface area contributed by atoms with Gasteiger partial charge in [0.1, 0.15) is 0 Å². The van der Waals surface area contributed by atoms with Crippen molar-refractivity contribution in [2.45, 2.75) is 84.7 Å². The molecule has 1 heteroatoms. The SMILES string of the molecule is CCC(O)(CC)CC1CCCC1(CC)CC. The number of aliphatic hydroxyl groups is 1. The van der Waals surface area contributed by atoms with Crippen LogP contribution in [0.25, 0.3) is 0 Å². The molecule has 0 aliphatic heterocycles. The van der Waals surface area contributed by atoms with E-state index in [9.17, 15) is 5.11 Å². The van der Waals surface area contributed by atoms with Crippen molar-refractivity contribution in [3.63, 3.8) is 0 Å². The van der Waals surface area contributed by atoms with Crippen molar-refractivity contribution in [3.8, 4) is 0 Å². The Morgan fingerprint density at radius 2 is 1.69 bits per heavy atom. The zero-order chi connectivity index (χ0) is 12.2. The van der Waals surface area contributed by atoms with Crippen LogP contribution >= 0.6 is 0 Å². The average Bonchev–Trinajstić information content (AvgIpc) is 2.72. The summed E-state index contributed by atoms with van der Waals surface area (Å²) in [5.74, 6) is 0.757. The first-order valence-corrected chi connectivity index (χ1v) is 7.28. The standard InChI is InChI=1S/C15H30O/c1-5-14(6-2)11-9-10-13(14)12-15(16,7-3)8-4/h13,16H,5-12H2,1-4H3. The van der Waals surface area contributed by atoms with Crippen molar-refractivity contribution in [2.24, 2.45) is 11.3 Å². The minimum atomic E-state index is -0.398. The van der Waals surface area contributed by atoms with Gasteiger partial charge in [-0.3, -0.25) is 0 Å². The summed E-state index contributed by atoms with van der Waals surface area (Å²) < 4.78 is 0. The molecule has 1 atom stereocenters. The molecule has 0 aromatic heterocycles. The quantitative estimate of drug-likeness (QED) is 0.705. The molecule has 1 unspecified atom stereocenters. The number of rotatable bonds is 6.